The summed E-state index contributed by atoms with van der Waals surface area (Å²) in [6.07, 6.45) is -0.0454. The number of rotatable bonds is 2. The fourth-order valence-corrected chi connectivity index (χ4v) is 6.46. The minimum Gasteiger partial charge on any atom is -0.453 e. The van der Waals surface area contributed by atoms with Gasteiger partial charge >= 0.3 is 6.09 Å². The Balaban J connectivity index is 1.58. The summed E-state index contributed by atoms with van der Waals surface area (Å²) in [6, 6.07) is 4.80. The Morgan fingerprint density at radius 3 is 2.73 bits per heavy atom. The number of amides is 2. The number of ether oxygens (including phenoxy) is 3. The van der Waals surface area contributed by atoms with E-state index in [0.717, 1.165) is 0 Å². The zero-order chi connectivity index (χ0) is 21.4. The second kappa shape index (κ2) is 6.47. The maximum absolute atomic E-state index is 13.6. The lowest BCUT2D eigenvalue weighted by Gasteiger charge is -2.45. The summed E-state index contributed by atoms with van der Waals surface area (Å²) in [5, 5.41) is 12.5. The highest BCUT2D eigenvalue weighted by molar-refractivity contribution is 6.37. The standard InChI is InChI=1S/C20H19Cl2N3O5/c1-19-7-13(24-18(27)28-2)20(30-19)3-4-29-17-15(20)14(19)16(26)25(17)9-5-11(21)10(8-23)12(22)6-9/h5-6,13-15,17H,3-4,7H2,1-2H3,(H,24,27)/t13-,14-,15+,17+,19-,20+/m1/s1. The molecule has 0 unspecified atom stereocenters. The molecule has 5 rings (SSSR count). The van der Waals surface area contributed by atoms with Crippen LogP contribution in [0.2, 0.25) is 10.0 Å². The van der Waals surface area contributed by atoms with Crippen LogP contribution in [0.1, 0.15) is 25.3 Å². The number of carbonyl (C=O) groups excluding carboxylic acids is 2. The van der Waals surface area contributed by atoms with Crippen molar-refractivity contribution in [1.82, 2.24) is 5.32 Å². The summed E-state index contributed by atoms with van der Waals surface area (Å²) in [7, 11) is 1.32. The molecule has 8 nitrogen and oxygen atoms in total. The lowest BCUT2D eigenvalue weighted by molar-refractivity contribution is -0.143. The first-order valence-electron chi connectivity index (χ1n) is 9.64. The SMILES string of the molecule is COC(=O)N[C@@H]1C[C@@]2(C)O[C@@]13CCO[C@H]1[C@@H]3[C@@H]2C(=O)N1c1cc(Cl)c(C#N)c(Cl)c1. The summed E-state index contributed by atoms with van der Waals surface area (Å²) in [5.74, 6) is -0.829. The summed E-state index contributed by atoms with van der Waals surface area (Å²) in [4.78, 5) is 27.1. The van der Waals surface area contributed by atoms with Crippen molar-refractivity contribution in [1.29, 1.82) is 5.26 Å². The number of nitriles is 1. The molecule has 0 saturated carbocycles. The maximum atomic E-state index is 13.6. The number of methoxy groups -OCH3 is 1. The highest BCUT2D eigenvalue weighted by Gasteiger charge is 2.78. The first-order valence-corrected chi connectivity index (χ1v) is 10.4. The lowest BCUT2D eigenvalue weighted by atomic mass is 9.64. The summed E-state index contributed by atoms with van der Waals surface area (Å²) >= 11 is 12.5. The third-order valence-corrected chi connectivity index (χ3v) is 7.54. The molecule has 0 radical (unpaired) electrons. The monoisotopic (exact) mass is 451 g/mol. The fraction of sp³-hybridized carbons (Fsp3) is 0.550. The quantitative estimate of drug-likeness (QED) is 0.741. The number of hydrogen-bond donors (Lipinski definition) is 1. The van der Waals surface area contributed by atoms with Crippen LogP contribution in [0.25, 0.3) is 0 Å². The number of hydrogen-bond acceptors (Lipinski definition) is 6. The average molecular weight is 452 g/mol. The topological polar surface area (TPSA) is 101 Å². The van der Waals surface area contributed by atoms with Gasteiger partial charge in [-0.1, -0.05) is 23.2 Å². The van der Waals surface area contributed by atoms with E-state index in [1.165, 1.54) is 7.11 Å². The Bertz CT molecular complexity index is 990. The van der Waals surface area contributed by atoms with E-state index in [9.17, 15) is 14.9 Å². The van der Waals surface area contributed by atoms with Crippen LogP contribution < -0.4 is 10.2 Å². The molecule has 10 heteroatoms. The Hall–Kier alpha value is -2.05. The molecule has 0 aromatic heterocycles. The number of nitrogens with one attached hydrogen (secondary N) is 1. The molecule has 1 aromatic rings. The van der Waals surface area contributed by atoms with Crippen LogP contribution in [0.15, 0.2) is 12.1 Å². The average Bonchev–Trinajstić information content (AvgIpc) is 3.25. The van der Waals surface area contributed by atoms with Crippen LogP contribution in [0.3, 0.4) is 0 Å². The van der Waals surface area contributed by atoms with Crippen LogP contribution in [0.4, 0.5) is 10.5 Å². The zero-order valence-corrected chi connectivity index (χ0v) is 17.8. The lowest BCUT2D eigenvalue weighted by Crippen LogP contribution is -2.61. The Kier molecular flexibility index (Phi) is 4.29. The van der Waals surface area contributed by atoms with E-state index in [2.05, 4.69) is 5.32 Å². The van der Waals surface area contributed by atoms with Crippen molar-refractivity contribution in [2.24, 2.45) is 11.8 Å². The number of anilines is 1. The number of nitrogens with zero attached hydrogens (tertiary/aromatic N) is 2. The smallest absolute Gasteiger partial charge is 0.407 e. The van der Waals surface area contributed by atoms with E-state index in [4.69, 9.17) is 37.4 Å². The minimum atomic E-state index is -0.742. The van der Waals surface area contributed by atoms with E-state index < -0.39 is 29.4 Å². The van der Waals surface area contributed by atoms with Crippen LogP contribution in [0.5, 0.6) is 0 Å². The molecule has 1 aromatic carbocycles. The fourth-order valence-electron chi connectivity index (χ4n) is 5.90. The normalized spacial score (nSPS) is 38.4. The van der Waals surface area contributed by atoms with Gasteiger partial charge in [-0.05, 0) is 19.1 Å². The van der Waals surface area contributed by atoms with Crippen LogP contribution >= 0.6 is 23.2 Å². The largest absolute Gasteiger partial charge is 0.453 e. The number of carbonyl (C=O) groups is 2. The van der Waals surface area contributed by atoms with Gasteiger partial charge in [0.1, 0.15) is 12.3 Å². The van der Waals surface area contributed by atoms with Gasteiger partial charge in [0.25, 0.3) is 0 Å². The van der Waals surface area contributed by atoms with Gasteiger partial charge in [-0.15, -0.1) is 0 Å². The Morgan fingerprint density at radius 2 is 2.10 bits per heavy atom. The predicted octanol–water partition coefficient (Wildman–Crippen LogP) is 2.85. The second-order valence-electron chi connectivity index (χ2n) is 8.38. The molecule has 4 fully saturated rings. The molecule has 4 aliphatic heterocycles. The summed E-state index contributed by atoms with van der Waals surface area (Å²) in [5.41, 5.74) is -0.825. The molecular formula is C20H19Cl2N3O5. The highest BCUT2D eigenvalue weighted by atomic mass is 35.5. The summed E-state index contributed by atoms with van der Waals surface area (Å²) in [6.45, 7) is 2.28. The molecule has 4 saturated heterocycles. The van der Waals surface area contributed by atoms with Crippen LogP contribution in [-0.2, 0) is 19.0 Å². The molecule has 1 N–H and O–H groups in total. The van der Waals surface area contributed by atoms with Gasteiger partial charge in [0.05, 0.1) is 58.4 Å². The first-order chi connectivity index (χ1) is 14.3. The molecule has 158 valence electrons. The van der Waals surface area contributed by atoms with Crippen molar-refractivity contribution in [3.05, 3.63) is 27.7 Å². The van der Waals surface area contributed by atoms with Crippen LogP contribution in [-0.4, -0.2) is 49.2 Å². The Labute approximate surface area is 182 Å². The van der Waals surface area contributed by atoms with E-state index in [0.29, 0.717) is 25.1 Å². The van der Waals surface area contributed by atoms with Gasteiger partial charge in [0, 0.05) is 18.5 Å². The first kappa shape index (κ1) is 19.9. The minimum absolute atomic E-state index is 0.135. The van der Waals surface area contributed by atoms with E-state index in [1.54, 1.807) is 17.0 Å². The molecule has 4 aliphatic rings. The number of benzene rings is 1. The zero-order valence-electron chi connectivity index (χ0n) is 16.3. The van der Waals surface area contributed by atoms with Gasteiger partial charge in [-0.3, -0.25) is 9.69 Å². The molecule has 1 spiro atoms. The van der Waals surface area contributed by atoms with Gasteiger partial charge in [0.2, 0.25) is 5.91 Å². The van der Waals surface area contributed by atoms with E-state index in [1.807, 2.05) is 13.0 Å². The van der Waals surface area contributed by atoms with Crippen molar-refractivity contribution >= 4 is 40.9 Å². The van der Waals surface area contributed by atoms with Gasteiger partial charge in [-0.2, -0.15) is 5.26 Å². The van der Waals surface area contributed by atoms with Crippen molar-refractivity contribution in [2.75, 3.05) is 18.6 Å². The van der Waals surface area contributed by atoms with Gasteiger partial charge in [-0.25, -0.2) is 4.79 Å². The molecular weight excluding hydrogens is 433 g/mol. The molecule has 6 atom stereocenters. The molecule has 4 heterocycles. The molecule has 2 bridgehead atoms. The highest BCUT2D eigenvalue weighted by Crippen LogP contribution is 2.65. The number of halogens is 2. The van der Waals surface area contributed by atoms with Crippen LogP contribution in [0, 0.1) is 23.2 Å². The summed E-state index contributed by atoms with van der Waals surface area (Å²) < 4.78 is 17.3. The van der Waals surface area contributed by atoms with Crippen molar-refractivity contribution in [3.63, 3.8) is 0 Å². The van der Waals surface area contributed by atoms with Gasteiger partial charge in [0.15, 0.2) is 0 Å². The molecule has 30 heavy (non-hydrogen) atoms. The van der Waals surface area contributed by atoms with E-state index in [-0.39, 0.29) is 33.5 Å². The molecule has 2 amide bonds. The van der Waals surface area contributed by atoms with Crippen molar-refractivity contribution < 1.29 is 23.8 Å². The van der Waals surface area contributed by atoms with Crippen molar-refractivity contribution in [2.45, 2.75) is 43.2 Å². The van der Waals surface area contributed by atoms with Crippen molar-refractivity contribution in [3.8, 4) is 6.07 Å². The third kappa shape index (κ3) is 2.41. The second-order valence-corrected chi connectivity index (χ2v) is 9.20. The third-order valence-electron chi connectivity index (χ3n) is 6.94. The predicted molar refractivity (Wildman–Crippen MR) is 106 cm³/mol. The van der Waals surface area contributed by atoms with E-state index >= 15 is 0 Å². The Morgan fingerprint density at radius 1 is 1.40 bits per heavy atom. The number of fused-ring (bicyclic) bond motifs is 2. The molecule has 0 aliphatic carbocycles. The maximum Gasteiger partial charge on any atom is 0.407 e. The number of alkyl carbamates (subject to hydrolysis) is 1. The van der Waals surface area contributed by atoms with Gasteiger partial charge < -0.3 is 19.5 Å².